The van der Waals surface area contributed by atoms with Gasteiger partial charge < -0.3 is 18.9 Å². The summed E-state index contributed by atoms with van der Waals surface area (Å²) in [6.45, 7) is 8.18. The molecule has 106 valence electrons. The minimum absolute atomic E-state index is 0.227. The quantitative estimate of drug-likeness (QED) is 0.234. The highest BCUT2D eigenvalue weighted by Crippen LogP contribution is 1.91. The smallest absolute Gasteiger partial charge is 0.333 e. The Morgan fingerprint density at radius 1 is 0.944 bits per heavy atom. The van der Waals surface area contributed by atoms with E-state index in [2.05, 4.69) is 6.58 Å². The van der Waals surface area contributed by atoms with Crippen LogP contribution in [0.4, 0.5) is 0 Å². The van der Waals surface area contributed by atoms with Gasteiger partial charge in [-0.05, 0) is 6.92 Å². The fourth-order valence-electron chi connectivity index (χ4n) is 0.913. The van der Waals surface area contributed by atoms with Crippen molar-refractivity contribution in [2.24, 2.45) is 0 Å². The predicted molar refractivity (Wildman–Crippen MR) is 69.0 cm³/mol. The molecule has 0 radical (unpaired) electrons. The summed E-state index contributed by atoms with van der Waals surface area (Å²) in [5.41, 5.74) is 0.385. The summed E-state index contributed by atoms with van der Waals surface area (Å²) in [6, 6.07) is 0. The standard InChI is InChI=1S/C12H21ClO5/c1-11(2)12(14)18-10-9-17-8-7-16-6-5-15-4-3-13/h1,3-10H2,2H3. The zero-order valence-corrected chi connectivity index (χ0v) is 11.5. The van der Waals surface area contributed by atoms with Crippen LogP contribution < -0.4 is 0 Å². The van der Waals surface area contributed by atoms with E-state index in [1.807, 2.05) is 0 Å². The maximum Gasteiger partial charge on any atom is 0.333 e. The van der Waals surface area contributed by atoms with E-state index in [0.717, 1.165) is 0 Å². The molecule has 0 fully saturated rings. The number of rotatable bonds is 12. The number of hydrogen-bond acceptors (Lipinski definition) is 5. The molecule has 0 aliphatic heterocycles. The number of hydrogen-bond donors (Lipinski definition) is 0. The lowest BCUT2D eigenvalue weighted by atomic mass is 10.4. The van der Waals surface area contributed by atoms with Gasteiger partial charge in [-0.3, -0.25) is 0 Å². The van der Waals surface area contributed by atoms with Gasteiger partial charge in [0.2, 0.25) is 0 Å². The first kappa shape index (κ1) is 17.4. The largest absolute Gasteiger partial charge is 0.460 e. The van der Waals surface area contributed by atoms with E-state index in [9.17, 15) is 4.79 Å². The summed E-state index contributed by atoms with van der Waals surface area (Å²) in [5.74, 6) is 0.0951. The van der Waals surface area contributed by atoms with Crippen molar-refractivity contribution in [3.63, 3.8) is 0 Å². The topological polar surface area (TPSA) is 54.0 Å². The lowest BCUT2D eigenvalue weighted by Gasteiger charge is -2.07. The first-order valence-electron chi connectivity index (χ1n) is 5.80. The Balaban J connectivity index is 3.07. The molecule has 0 aliphatic rings. The molecule has 0 saturated carbocycles. The van der Waals surface area contributed by atoms with Crippen molar-refractivity contribution in [1.82, 2.24) is 0 Å². The molecular weight excluding hydrogens is 260 g/mol. The van der Waals surface area contributed by atoms with Gasteiger partial charge in [-0.15, -0.1) is 11.6 Å². The summed E-state index contributed by atoms with van der Waals surface area (Å²) in [4.78, 5) is 11.0. The van der Waals surface area contributed by atoms with Crippen LogP contribution in [0, 0.1) is 0 Å². The van der Waals surface area contributed by atoms with E-state index in [1.165, 1.54) is 0 Å². The first-order valence-corrected chi connectivity index (χ1v) is 6.33. The van der Waals surface area contributed by atoms with Crippen molar-refractivity contribution >= 4 is 17.6 Å². The van der Waals surface area contributed by atoms with Crippen molar-refractivity contribution in [1.29, 1.82) is 0 Å². The van der Waals surface area contributed by atoms with E-state index in [-0.39, 0.29) is 6.61 Å². The minimum atomic E-state index is -0.397. The Labute approximate surface area is 113 Å². The molecule has 0 aliphatic carbocycles. The maximum absolute atomic E-state index is 11.0. The third kappa shape index (κ3) is 11.9. The Morgan fingerprint density at radius 2 is 1.39 bits per heavy atom. The van der Waals surface area contributed by atoms with E-state index in [4.69, 9.17) is 30.5 Å². The average molecular weight is 281 g/mol. The molecular formula is C12H21ClO5. The number of alkyl halides is 1. The molecule has 0 aromatic heterocycles. The van der Waals surface area contributed by atoms with Crippen LogP contribution in [0.25, 0.3) is 0 Å². The number of carbonyl (C=O) groups is 1. The predicted octanol–water partition coefficient (Wildman–Crippen LogP) is 1.39. The second-order valence-electron chi connectivity index (χ2n) is 3.44. The van der Waals surface area contributed by atoms with Crippen LogP contribution in [0.5, 0.6) is 0 Å². The second kappa shape index (κ2) is 12.8. The molecule has 0 bridgehead atoms. The molecule has 0 heterocycles. The van der Waals surface area contributed by atoms with Gasteiger partial charge in [-0.25, -0.2) is 4.79 Å². The second-order valence-corrected chi connectivity index (χ2v) is 3.82. The Bertz CT molecular complexity index is 233. The van der Waals surface area contributed by atoms with Crippen LogP contribution in [0.2, 0.25) is 0 Å². The van der Waals surface area contributed by atoms with E-state index < -0.39 is 5.97 Å². The SMILES string of the molecule is C=C(C)C(=O)OCCOCCOCCOCCCl. The Kier molecular flexibility index (Phi) is 12.4. The van der Waals surface area contributed by atoms with Crippen molar-refractivity contribution in [2.45, 2.75) is 6.92 Å². The van der Waals surface area contributed by atoms with Crippen LogP contribution >= 0.6 is 11.6 Å². The maximum atomic E-state index is 11.0. The minimum Gasteiger partial charge on any atom is -0.460 e. The monoisotopic (exact) mass is 280 g/mol. The fourth-order valence-corrected chi connectivity index (χ4v) is 1.02. The molecule has 0 aromatic carbocycles. The summed E-state index contributed by atoms with van der Waals surface area (Å²) in [6.07, 6.45) is 0. The molecule has 6 heteroatoms. The first-order chi connectivity index (χ1) is 8.68. The molecule has 0 aromatic rings. The molecule has 18 heavy (non-hydrogen) atoms. The highest BCUT2D eigenvalue weighted by atomic mass is 35.5. The molecule has 0 amide bonds. The van der Waals surface area contributed by atoms with Crippen LogP contribution in [-0.2, 0) is 23.7 Å². The Hall–Kier alpha value is -0.620. The van der Waals surface area contributed by atoms with E-state index in [0.29, 0.717) is 51.1 Å². The van der Waals surface area contributed by atoms with E-state index in [1.54, 1.807) is 6.92 Å². The summed E-state index contributed by atoms with van der Waals surface area (Å²) < 4.78 is 20.4. The van der Waals surface area contributed by atoms with Crippen molar-refractivity contribution in [3.8, 4) is 0 Å². The molecule has 0 rings (SSSR count). The average Bonchev–Trinajstić information content (AvgIpc) is 2.35. The number of esters is 1. The van der Waals surface area contributed by atoms with Crippen LogP contribution in [0.15, 0.2) is 12.2 Å². The van der Waals surface area contributed by atoms with Crippen molar-refractivity contribution in [3.05, 3.63) is 12.2 Å². The number of ether oxygens (including phenoxy) is 4. The summed E-state index contributed by atoms with van der Waals surface area (Å²) >= 11 is 5.43. The highest BCUT2D eigenvalue weighted by Gasteiger charge is 2.01. The van der Waals surface area contributed by atoms with E-state index >= 15 is 0 Å². The molecule has 0 saturated heterocycles. The third-order valence-electron chi connectivity index (χ3n) is 1.77. The van der Waals surface area contributed by atoms with Gasteiger partial charge in [0.25, 0.3) is 0 Å². The van der Waals surface area contributed by atoms with Crippen molar-refractivity contribution < 1.29 is 23.7 Å². The zero-order valence-electron chi connectivity index (χ0n) is 10.8. The van der Waals surface area contributed by atoms with Gasteiger partial charge in [-0.2, -0.15) is 0 Å². The molecule has 0 spiro atoms. The van der Waals surface area contributed by atoms with Crippen molar-refractivity contribution in [2.75, 3.05) is 52.1 Å². The third-order valence-corrected chi connectivity index (χ3v) is 1.93. The lowest BCUT2D eigenvalue weighted by Crippen LogP contribution is -2.14. The summed E-state index contributed by atoms with van der Waals surface area (Å²) in [7, 11) is 0. The number of carbonyl (C=O) groups excluding carboxylic acids is 1. The molecule has 5 nitrogen and oxygen atoms in total. The van der Waals surface area contributed by atoms with Crippen LogP contribution in [0.3, 0.4) is 0 Å². The zero-order chi connectivity index (χ0) is 13.6. The fraction of sp³-hybridized carbons (Fsp3) is 0.750. The van der Waals surface area contributed by atoms with Gasteiger partial charge >= 0.3 is 5.97 Å². The molecule has 0 atom stereocenters. The lowest BCUT2D eigenvalue weighted by molar-refractivity contribution is -0.140. The molecule has 0 N–H and O–H groups in total. The van der Waals surface area contributed by atoms with Gasteiger partial charge in [0.15, 0.2) is 0 Å². The Morgan fingerprint density at radius 3 is 1.83 bits per heavy atom. The number of halogens is 1. The van der Waals surface area contributed by atoms with Gasteiger partial charge in [0.1, 0.15) is 6.61 Å². The molecule has 0 unspecified atom stereocenters. The normalized spacial score (nSPS) is 10.3. The van der Waals surface area contributed by atoms with Gasteiger partial charge in [0.05, 0.1) is 39.6 Å². The van der Waals surface area contributed by atoms with Crippen LogP contribution in [0.1, 0.15) is 6.92 Å². The highest BCUT2D eigenvalue weighted by molar-refractivity contribution is 6.17. The van der Waals surface area contributed by atoms with Gasteiger partial charge in [-0.1, -0.05) is 6.58 Å². The van der Waals surface area contributed by atoms with Crippen LogP contribution in [-0.4, -0.2) is 58.1 Å². The summed E-state index contributed by atoms with van der Waals surface area (Å²) in [5, 5.41) is 0. The van der Waals surface area contributed by atoms with Gasteiger partial charge in [0, 0.05) is 11.5 Å².